The van der Waals surface area contributed by atoms with Gasteiger partial charge in [0.1, 0.15) is 5.69 Å². The smallest absolute Gasteiger partial charge is 0.286 e. The van der Waals surface area contributed by atoms with E-state index in [9.17, 15) is 14.4 Å². The number of hydrogen-bond donors (Lipinski definition) is 3. The van der Waals surface area contributed by atoms with Gasteiger partial charge in [-0.3, -0.25) is 25.2 Å². The number of ketones is 1. The summed E-state index contributed by atoms with van der Waals surface area (Å²) in [6.07, 6.45) is 7.06. The molecule has 0 saturated carbocycles. The maximum absolute atomic E-state index is 12.2. The summed E-state index contributed by atoms with van der Waals surface area (Å²) in [4.78, 5) is 40.0. The number of Topliss-reactive ketones (excluding diaryl/α,β-unsaturated/α-hetero) is 1. The Morgan fingerprint density at radius 3 is 2.54 bits per heavy atom. The molecule has 0 unspecified atom stereocenters. The van der Waals surface area contributed by atoms with Crippen molar-refractivity contribution in [2.24, 2.45) is 0 Å². The van der Waals surface area contributed by atoms with Crippen LogP contribution >= 0.6 is 11.3 Å². The number of fused-ring (bicyclic) bond motifs is 1. The Hall–Kier alpha value is -2.41. The molecule has 24 heavy (non-hydrogen) atoms. The number of aromatic nitrogens is 1. The highest BCUT2D eigenvalue weighted by Crippen LogP contribution is 2.28. The summed E-state index contributed by atoms with van der Waals surface area (Å²) in [5.41, 5.74) is 6.70. The van der Waals surface area contributed by atoms with Crippen LogP contribution in [0, 0.1) is 0 Å². The minimum atomic E-state index is -0.492. The van der Waals surface area contributed by atoms with Crippen molar-refractivity contribution in [3.63, 3.8) is 0 Å². The second-order valence-electron chi connectivity index (χ2n) is 5.89. The molecule has 7 heteroatoms. The van der Waals surface area contributed by atoms with E-state index in [0.29, 0.717) is 10.4 Å². The predicted molar refractivity (Wildman–Crippen MR) is 91.3 cm³/mol. The highest BCUT2D eigenvalue weighted by atomic mass is 32.1. The number of aryl methyl sites for hydroxylation is 2. The molecule has 6 nitrogen and oxygen atoms in total. The molecule has 0 aromatic carbocycles. The van der Waals surface area contributed by atoms with Crippen molar-refractivity contribution in [1.82, 2.24) is 15.8 Å². The summed E-state index contributed by atoms with van der Waals surface area (Å²) in [7, 11) is 0. The van der Waals surface area contributed by atoms with Gasteiger partial charge in [0.15, 0.2) is 5.78 Å². The van der Waals surface area contributed by atoms with Gasteiger partial charge in [-0.05, 0) is 50.3 Å². The summed E-state index contributed by atoms with van der Waals surface area (Å²) in [5.74, 6) is -0.942. The normalized spacial score (nSPS) is 13.7. The summed E-state index contributed by atoms with van der Waals surface area (Å²) >= 11 is 1.50. The molecule has 3 N–H and O–H groups in total. The second-order valence-corrected chi connectivity index (χ2v) is 7.02. The number of hydrazine groups is 1. The molecule has 1 aliphatic rings. The van der Waals surface area contributed by atoms with Gasteiger partial charge < -0.3 is 4.98 Å². The Bertz CT molecular complexity index is 767. The van der Waals surface area contributed by atoms with E-state index in [0.717, 1.165) is 25.7 Å². The third-order valence-electron chi connectivity index (χ3n) is 4.09. The highest BCUT2D eigenvalue weighted by Gasteiger charge is 2.17. The summed E-state index contributed by atoms with van der Waals surface area (Å²) in [6.45, 7) is 1.42. The molecule has 0 spiro atoms. The molecule has 2 aromatic heterocycles. The molecule has 0 aliphatic heterocycles. The molecular weight excluding hydrogens is 326 g/mol. The van der Waals surface area contributed by atoms with Crippen LogP contribution in [0.2, 0.25) is 0 Å². The lowest BCUT2D eigenvalue weighted by Crippen LogP contribution is -2.41. The van der Waals surface area contributed by atoms with Crippen LogP contribution in [-0.2, 0) is 12.8 Å². The quantitative estimate of drug-likeness (QED) is 0.454. The summed E-state index contributed by atoms with van der Waals surface area (Å²) in [6, 6.07) is 3.38. The number of amides is 2. The largest absolute Gasteiger partial charge is 0.356 e. The lowest BCUT2D eigenvalue weighted by molar-refractivity contribution is 0.0846. The van der Waals surface area contributed by atoms with Crippen molar-refractivity contribution in [2.45, 2.75) is 39.0 Å². The van der Waals surface area contributed by atoms with Crippen LogP contribution in [0.1, 0.15) is 67.1 Å². The topological polar surface area (TPSA) is 91.1 Å². The van der Waals surface area contributed by atoms with E-state index in [-0.39, 0.29) is 17.4 Å². The zero-order chi connectivity index (χ0) is 17.1. The average Bonchev–Trinajstić information content (AvgIpc) is 3.15. The number of H-pyrrole nitrogens is 1. The fourth-order valence-electron chi connectivity index (χ4n) is 2.75. The Morgan fingerprint density at radius 2 is 1.79 bits per heavy atom. The Kier molecular flexibility index (Phi) is 4.80. The summed E-state index contributed by atoms with van der Waals surface area (Å²) in [5, 5.41) is 0. The number of hydrogen-bond acceptors (Lipinski definition) is 4. The van der Waals surface area contributed by atoms with E-state index >= 15 is 0 Å². The molecule has 0 radical (unpaired) electrons. The Morgan fingerprint density at radius 1 is 1.04 bits per heavy atom. The van der Waals surface area contributed by atoms with Gasteiger partial charge in [0.2, 0.25) is 0 Å². The molecule has 2 aromatic rings. The van der Waals surface area contributed by atoms with Crippen molar-refractivity contribution in [3.05, 3.63) is 44.9 Å². The second kappa shape index (κ2) is 7.00. The molecule has 0 bridgehead atoms. The van der Waals surface area contributed by atoms with Crippen molar-refractivity contribution >= 4 is 28.9 Å². The first-order chi connectivity index (χ1) is 11.5. The Labute approximate surface area is 143 Å². The van der Waals surface area contributed by atoms with E-state index in [1.165, 1.54) is 47.4 Å². The first-order valence-electron chi connectivity index (χ1n) is 7.96. The number of aromatic amines is 1. The van der Waals surface area contributed by atoms with Gasteiger partial charge >= 0.3 is 0 Å². The molecular formula is C17H19N3O3S. The SMILES string of the molecule is CC(=O)c1c[nH]c(C(=O)NNC(=O)c2cc3c(s2)CCCCC3)c1. The molecule has 0 atom stereocenters. The number of nitrogens with one attached hydrogen (secondary N) is 3. The van der Waals surface area contributed by atoms with E-state index in [4.69, 9.17) is 0 Å². The fourth-order valence-corrected chi connectivity index (χ4v) is 3.90. The molecule has 2 heterocycles. The first-order valence-corrected chi connectivity index (χ1v) is 8.78. The van der Waals surface area contributed by atoms with Crippen molar-refractivity contribution in [3.8, 4) is 0 Å². The van der Waals surface area contributed by atoms with Crippen LogP contribution in [-0.4, -0.2) is 22.6 Å². The van der Waals surface area contributed by atoms with Crippen LogP contribution in [0.15, 0.2) is 18.3 Å². The van der Waals surface area contributed by atoms with Crippen LogP contribution in [0.25, 0.3) is 0 Å². The maximum Gasteiger partial charge on any atom is 0.286 e. The van der Waals surface area contributed by atoms with E-state index in [1.807, 2.05) is 6.07 Å². The van der Waals surface area contributed by atoms with Gasteiger partial charge in [0, 0.05) is 16.6 Å². The van der Waals surface area contributed by atoms with Crippen molar-refractivity contribution in [1.29, 1.82) is 0 Å². The first kappa shape index (κ1) is 16.4. The lowest BCUT2D eigenvalue weighted by Gasteiger charge is -2.04. The van der Waals surface area contributed by atoms with Crippen molar-refractivity contribution < 1.29 is 14.4 Å². The van der Waals surface area contributed by atoms with Gasteiger partial charge in [-0.2, -0.15) is 0 Å². The molecule has 0 fully saturated rings. The van der Waals surface area contributed by atoms with Crippen LogP contribution in [0.5, 0.6) is 0 Å². The molecule has 0 saturated heterocycles. The van der Waals surface area contributed by atoms with Crippen molar-refractivity contribution in [2.75, 3.05) is 0 Å². The fraction of sp³-hybridized carbons (Fsp3) is 0.353. The number of carbonyl (C=O) groups excluding carboxylic acids is 3. The third-order valence-corrected chi connectivity index (χ3v) is 5.33. The van der Waals surface area contributed by atoms with Crippen LogP contribution in [0.3, 0.4) is 0 Å². The van der Waals surface area contributed by atoms with Gasteiger partial charge in [-0.25, -0.2) is 0 Å². The standard InChI is InChI=1S/C17H19N3O3S/c1-10(21)12-7-13(18-9-12)16(22)19-20-17(23)15-8-11-5-3-2-4-6-14(11)24-15/h7-9,18H,2-6H2,1H3,(H,19,22)(H,20,23). The van der Waals surface area contributed by atoms with Crippen LogP contribution < -0.4 is 10.9 Å². The molecule has 1 aliphatic carbocycles. The van der Waals surface area contributed by atoms with Gasteiger partial charge in [-0.1, -0.05) is 6.42 Å². The predicted octanol–water partition coefficient (Wildman–Crippen LogP) is 2.62. The minimum Gasteiger partial charge on any atom is -0.356 e. The van der Waals surface area contributed by atoms with Gasteiger partial charge in [-0.15, -0.1) is 11.3 Å². The zero-order valence-electron chi connectivity index (χ0n) is 13.4. The number of thiophene rings is 1. The van der Waals surface area contributed by atoms with Crippen LogP contribution in [0.4, 0.5) is 0 Å². The third kappa shape index (κ3) is 3.56. The maximum atomic E-state index is 12.2. The molecule has 3 rings (SSSR count). The monoisotopic (exact) mass is 345 g/mol. The Balaban J connectivity index is 1.60. The van der Waals surface area contributed by atoms with Gasteiger partial charge in [0.25, 0.3) is 11.8 Å². The molecule has 2 amide bonds. The number of carbonyl (C=O) groups is 3. The summed E-state index contributed by atoms with van der Waals surface area (Å²) < 4.78 is 0. The van der Waals surface area contributed by atoms with E-state index in [2.05, 4.69) is 15.8 Å². The number of rotatable bonds is 3. The zero-order valence-corrected chi connectivity index (χ0v) is 14.2. The minimum absolute atomic E-state index is 0.130. The van der Waals surface area contributed by atoms with E-state index in [1.54, 1.807) is 0 Å². The average molecular weight is 345 g/mol. The highest BCUT2D eigenvalue weighted by molar-refractivity contribution is 7.14. The lowest BCUT2D eigenvalue weighted by atomic mass is 10.1. The van der Waals surface area contributed by atoms with Gasteiger partial charge in [0.05, 0.1) is 4.88 Å². The van der Waals surface area contributed by atoms with E-state index < -0.39 is 5.91 Å². The molecule has 126 valence electrons.